The molecule has 0 fully saturated rings. The molecule has 0 N–H and O–H groups in total. The van der Waals surface area contributed by atoms with E-state index in [1.807, 2.05) is 0 Å². The maximum Gasteiger partial charge on any atom is 0.0465 e. The molecule has 0 saturated heterocycles. The smallest absolute Gasteiger partial charge is 0.0465 e. The monoisotopic (exact) mass is 206 g/mol. The van der Waals surface area contributed by atoms with Gasteiger partial charge in [0.1, 0.15) is 0 Å². The Morgan fingerprint density at radius 3 is 2.33 bits per heavy atom. The number of methoxy groups -OCH3 is 1. The van der Waals surface area contributed by atoms with Gasteiger partial charge in [-0.25, -0.2) is 0 Å². The average molecular weight is 206 g/mol. The Kier molecular flexibility index (Phi) is 6.10. The quantitative estimate of drug-likeness (QED) is 0.619. The van der Waals surface area contributed by atoms with Crippen LogP contribution in [0.5, 0.6) is 0 Å². The molecule has 0 spiro atoms. The van der Waals surface area contributed by atoms with Crippen LogP contribution in [0.15, 0.2) is 24.3 Å². The lowest BCUT2D eigenvalue weighted by molar-refractivity contribution is 0.195. The third-order valence-electron chi connectivity index (χ3n) is 2.62. The zero-order valence-corrected chi connectivity index (χ0v) is 9.96. The van der Waals surface area contributed by atoms with Gasteiger partial charge in [0.05, 0.1) is 0 Å². The highest BCUT2D eigenvalue weighted by molar-refractivity contribution is 5.23. The average Bonchev–Trinajstić information content (AvgIpc) is 2.27. The topological polar surface area (TPSA) is 9.23 Å². The van der Waals surface area contributed by atoms with Crippen LogP contribution < -0.4 is 0 Å². The molecule has 0 amide bonds. The summed E-state index contributed by atoms with van der Waals surface area (Å²) in [6.07, 6.45) is 6.03. The molecule has 0 heterocycles. The van der Waals surface area contributed by atoms with E-state index in [0.717, 1.165) is 19.4 Å². The number of hydrogen-bond donors (Lipinski definition) is 0. The molecule has 84 valence electrons. The van der Waals surface area contributed by atoms with Crippen molar-refractivity contribution in [3.05, 3.63) is 35.4 Å². The maximum absolute atomic E-state index is 5.06. The van der Waals surface area contributed by atoms with Crippen LogP contribution in [0.3, 0.4) is 0 Å². The fourth-order valence-corrected chi connectivity index (χ4v) is 1.74. The van der Waals surface area contributed by atoms with E-state index >= 15 is 0 Å². The predicted molar refractivity (Wildman–Crippen MR) is 65.3 cm³/mol. The summed E-state index contributed by atoms with van der Waals surface area (Å²) < 4.78 is 5.06. The Labute approximate surface area is 93.5 Å². The van der Waals surface area contributed by atoms with Crippen molar-refractivity contribution in [2.24, 2.45) is 0 Å². The lowest BCUT2D eigenvalue weighted by Crippen LogP contribution is -1.94. The minimum Gasteiger partial charge on any atom is -0.385 e. The van der Waals surface area contributed by atoms with Crippen molar-refractivity contribution >= 4 is 0 Å². The van der Waals surface area contributed by atoms with Crippen molar-refractivity contribution in [2.45, 2.75) is 39.0 Å². The number of rotatable bonds is 7. The first-order chi connectivity index (χ1) is 7.36. The van der Waals surface area contributed by atoms with E-state index in [-0.39, 0.29) is 0 Å². The van der Waals surface area contributed by atoms with Crippen molar-refractivity contribution in [1.29, 1.82) is 0 Å². The third-order valence-corrected chi connectivity index (χ3v) is 2.62. The van der Waals surface area contributed by atoms with E-state index in [9.17, 15) is 0 Å². The van der Waals surface area contributed by atoms with Crippen LogP contribution in [-0.2, 0) is 17.6 Å². The van der Waals surface area contributed by atoms with E-state index in [0.29, 0.717) is 0 Å². The summed E-state index contributed by atoms with van der Waals surface area (Å²) in [5.41, 5.74) is 2.92. The van der Waals surface area contributed by atoms with Gasteiger partial charge < -0.3 is 4.74 Å². The van der Waals surface area contributed by atoms with E-state index in [4.69, 9.17) is 4.74 Å². The number of ether oxygens (including phenoxy) is 1. The van der Waals surface area contributed by atoms with E-state index in [2.05, 4.69) is 31.2 Å². The molecule has 15 heavy (non-hydrogen) atoms. The van der Waals surface area contributed by atoms with Crippen LogP contribution in [0.1, 0.15) is 37.3 Å². The molecule has 0 saturated carbocycles. The van der Waals surface area contributed by atoms with Gasteiger partial charge in [0.2, 0.25) is 0 Å². The Morgan fingerprint density at radius 1 is 1.07 bits per heavy atom. The molecular formula is C14H22O. The first-order valence-electron chi connectivity index (χ1n) is 5.93. The summed E-state index contributed by atoms with van der Waals surface area (Å²) in [4.78, 5) is 0. The Hall–Kier alpha value is -0.820. The van der Waals surface area contributed by atoms with Gasteiger partial charge in [-0.15, -0.1) is 0 Å². The van der Waals surface area contributed by atoms with Gasteiger partial charge in [-0.05, 0) is 36.8 Å². The zero-order valence-electron chi connectivity index (χ0n) is 9.96. The van der Waals surface area contributed by atoms with Gasteiger partial charge in [0.25, 0.3) is 0 Å². The molecule has 0 unspecified atom stereocenters. The first kappa shape index (κ1) is 12.3. The van der Waals surface area contributed by atoms with E-state index in [1.54, 1.807) is 7.11 Å². The van der Waals surface area contributed by atoms with Crippen molar-refractivity contribution in [2.75, 3.05) is 13.7 Å². The van der Waals surface area contributed by atoms with Crippen LogP contribution in [0.2, 0.25) is 0 Å². The van der Waals surface area contributed by atoms with Crippen LogP contribution >= 0.6 is 0 Å². The van der Waals surface area contributed by atoms with Crippen molar-refractivity contribution in [3.8, 4) is 0 Å². The molecule has 1 heteroatoms. The predicted octanol–water partition coefficient (Wildman–Crippen LogP) is 3.61. The second-order valence-corrected chi connectivity index (χ2v) is 4.02. The van der Waals surface area contributed by atoms with Gasteiger partial charge in [-0.3, -0.25) is 0 Å². The highest BCUT2D eigenvalue weighted by atomic mass is 16.5. The summed E-state index contributed by atoms with van der Waals surface area (Å²) >= 11 is 0. The number of unbranched alkanes of at least 4 members (excludes halogenated alkanes) is 1. The normalized spacial score (nSPS) is 10.5. The van der Waals surface area contributed by atoms with Gasteiger partial charge in [0, 0.05) is 13.7 Å². The van der Waals surface area contributed by atoms with Gasteiger partial charge in [0.15, 0.2) is 0 Å². The minimum absolute atomic E-state index is 0.860. The molecule has 1 aromatic rings. The molecule has 1 nitrogen and oxygen atoms in total. The molecular weight excluding hydrogens is 184 g/mol. The van der Waals surface area contributed by atoms with Gasteiger partial charge in [-0.2, -0.15) is 0 Å². The minimum atomic E-state index is 0.860. The van der Waals surface area contributed by atoms with Crippen molar-refractivity contribution in [1.82, 2.24) is 0 Å². The van der Waals surface area contributed by atoms with E-state index in [1.165, 1.54) is 30.4 Å². The van der Waals surface area contributed by atoms with Crippen molar-refractivity contribution < 1.29 is 4.74 Å². The SMILES string of the molecule is CCCCc1cccc(CCCOC)c1. The summed E-state index contributed by atoms with van der Waals surface area (Å²) in [7, 11) is 1.76. The second-order valence-electron chi connectivity index (χ2n) is 4.02. The van der Waals surface area contributed by atoms with E-state index < -0.39 is 0 Å². The Morgan fingerprint density at radius 2 is 1.73 bits per heavy atom. The fraction of sp³-hybridized carbons (Fsp3) is 0.571. The highest BCUT2D eigenvalue weighted by Gasteiger charge is 1.96. The van der Waals surface area contributed by atoms with Gasteiger partial charge >= 0.3 is 0 Å². The lowest BCUT2D eigenvalue weighted by Gasteiger charge is -2.04. The molecule has 1 rings (SSSR count). The van der Waals surface area contributed by atoms with Crippen LogP contribution in [-0.4, -0.2) is 13.7 Å². The largest absolute Gasteiger partial charge is 0.385 e. The molecule has 0 bridgehead atoms. The van der Waals surface area contributed by atoms with Crippen molar-refractivity contribution in [3.63, 3.8) is 0 Å². The highest BCUT2D eigenvalue weighted by Crippen LogP contribution is 2.10. The molecule has 0 atom stereocenters. The summed E-state index contributed by atoms with van der Waals surface area (Å²) in [5, 5.41) is 0. The molecule has 0 aromatic heterocycles. The standard InChI is InChI=1S/C14H22O/c1-3-4-7-13-8-5-9-14(12-13)10-6-11-15-2/h5,8-9,12H,3-4,6-7,10-11H2,1-2H3. The molecule has 0 aliphatic carbocycles. The molecule has 0 radical (unpaired) electrons. The maximum atomic E-state index is 5.06. The Bertz CT molecular complexity index is 268. The zero-order chi connectivity index (χ0) is 10.9. The summed E-state index contributed by atoms with van der Waals surface area (Å²) in [6.45, 7) is 3.10. The second kappa shape index (κ2) is 7.47. The van der Waals surface area contributed by atoms with Crippen LogP contribution in [0.4, 0.5) is 0 Å². The Balaban J connectivity index is 2.42. The summed E-state index contributed by atoms with van der Waals surface area (Å²) in [6, 6.07) is 8.96. The molecule has 0 aliphatic rings. The summed E-state index contributed by atoms with van der Waals surface area (Å²) in [5.74, 6) is 0. The number of benzene rings is 1. The molecule has 1 aromatic carbocycles. The first-order valence-corrected chi connectivity index (χ1v) is 5.93. The number of hydrogen-bond acceptors (Lipinski definition) is 1. The van der Waals surface area contributed by atoms with Gasteiger partial charge in [-0.1, -0.05) is 37.6 Å². The lowest BCUT2D eigenvalue weighted by atomic mass is 10.0. The number of aryl methyl sites for hydroxylation is 2. The third kappa shape index (κ3) is 4.98. The van der Waals surface area contributed by atoms with Crippen LogP contribution in [0.25, 0.3) is 0 Å². The fourth-order valence-electron chi connectivity index (χ4n) is 1.74. The molecule has 0 aliphatic heterocycles. The van der Waals surface area contributed by atoms with Crippen LogP contribution in [0, 0.1) is 0 Å².